The highest BCUT2D eigenvalue weighted by molar-refractivity contribution is 5.87. The summed E-state index contributed by atoms with van der Waals surface area (Å²) in [5.74, 6) is 0.0310. The molecule has 1 heterocycles. The van der Waals surface area contributed by atoms with Gasteiger partial charge in [0.25, 0.3) is 0 Å². The van der Waals surface area contributed by atoms with E-state index in [1.165, 1.54) is 13.8 Å². The maximum absolute atomic E-state index is 11.3. The lowest BCUT2D eigenvalue weighted by Gasteiger charge is -2.35. The molecule has 2 unspecified atom stereocenters. The average Bonchev–Trinajstić information content (AvgIpc) is 2.02. The Morgan fingerprint density at radius 3 is 2.38 bits per heavy atom. The molecule has 1 aliphatic heterocycles. The fourth-order valence-corrected chi connectivity index (χ4v) is 1.76. The lowest BCUT2D eigenvalue weighted by molar-refractivity contribution is -0.138. The first kappa shape index (κ1) is 9.96. The van der Waals surface area contributed by atoms with Crippen molar-refractivity contribution in [3.05, 3.63) is 12.2 Å². The average molecular weight is 181 g/mol. The molecule has 0 saturated heterocycles. The van der Waals surface area contributed by atoms with Crippen molar-refractivity contribution in [2.45, 2.75) is 39.3 Å². The normalized spacial score (nSPS) is 27.5. The summed E-state index contributed by atoms with van der Waals surface area (Å²) in [6, 6.07) is -0.211. The van der Waals surface area contributed by atoms with Crippen molar-refractivity contribution < 1.29 is 9.59 Å². The molecule has 13 heavy (non-hydrogen) atoms. The summed E-state index contributed by atoms with van der Waals surface area (Å²) >= 11 is 0. The van der Waals surface area contributed by atoms with E-state index in [2.05, 4.69) is 0 Å². The van der Waals surface area contributed by atoms with Crippen molar-refractivity contribution in [2.24, 2.45) is 0 Å². The van der Waals surface area contributed by atoms with E-state index in [0.717, 1.165) is 0 Å². The first-order chi connectivity index (χ1) is 6.04. The molecule has 3 heteroatoms. The minimum absolute atomic E-state index is 0.0305. The second kappa shape index (κ2) is 3.73. The van der Waals surface area contributed by atoms with E-state index >= 15 is 0 Å². The molecule has 0 aromatic carbocycles. The summed E-state index contributed by atoms with van der Waals surface area (Å²) in [6.07, 6.45) is 4.58. The third-order valence-corrected chi connectivity index (χ3v) is 2.38. The van der Waals surface area contributed by atoms with E-state index in [-0.39, 0.29) is 23.8 Å². The van der Waals surface area contributed by atoms with Gasteiger partial charge in [-0.05, 0) is 20.3 Å². The Kier molecular flexibility index (Phi) is 2.86. The molecule has 0 N–H and O–H groups in total. The molecule has 72 valence electrons. The molecular formula is C10H15NO2. The number of nitrogens with zero attached hydrogens (tertiary/aromatic N) is 1. The topological polar surface area (TPSA) is 37.4 Å². The third-order valence-electron chi connectivity index (χ3n) is 2.38. The lowest BCUT2D eigenvalue weighted by atomic mass is 10.0. The molecule has 2 atom stereocenters. The van der Waals surface area contributed by atoms with Crippen molar-refractivity contribution in [3.8, 4) is 0 Å². The molecule has 0 spiro atoms. The summed E-state index contributed by atoms with van der Waals surface area (Å²) in [4.78, 5) is 24.1. The Balaban J connectivity index is 2.89. The summed E-state index contributed by atoms with van der Waals surface area (Å²) < 4.78 is 0. The van der Waals surface area contributed by atoms with Gasteiger partial charge in [-0.3, -0.25) is 9.59 Å². The monoisotopic (exact) mass is 181 g/mol. The third kappa shape index (κ3) is 1.97. The quantitative estimate of drug-likeness (QED) is 0.569. The van der Waals surface area contributed by atoms with Crippen LogP contribution >= 0.6 is 0 Å². The Morgan fingerprint density at radius 1 is 1.38 bits per heavy atom. The summed E-state index contributed by atoms with van der Waals surface area (Å²) in [6.45, 7) is 4.96. The van der Waals surface area contributed by atoms with Crippen molar-refractivity contribution in [1.82, 2.24) is 4.90 Å². The van der Waals surface area contributed by atoms with Gasteiger partial charge in [-0.15, -0.1) is 0 Å². The predicted octanol–water partition coefficient (Wildman–Crippen LogP) is 1.14. The molecule has 0 aromatic rings. The van der Waals surface area contributed by atoms with Gasteiger partial charge in [-0.2, -0.15) is 0 Å². The van der Waals surface area contributed by atoms with Crippen molar-refractivity contribution >= 4 is 11.7 Å². The molecule has 0 radical (unpaired) electrons. The molecule has 3 nitrogen and oxygen atoms in total. The molecule has 1 rings (SSSR count). The lowest BCUT2D eigenvalue weighted by Crippen LogP contribution is -2.49. The van der Waals surface area contributed by atoms with Gasteiger partial charge in [0.05, 0.1) is 6.04 Å². The number of amides is 1. The van der Waals surface area contributed by atoms with Crippen LogP contribution in [0.15, 0.2) is 12.2 Å². The van der Waals surface area contributed by atoms with Crippen molar-refractivity contribution in [2.75, 3.05) is 0 Å². The Hall–Kier alpha value is -1.12. The van der Waals surface area contributed by atoms with Crippen LogP contribution in [0.4, 0.5) is 0 Å². The maximum Gasteiger partial charge on any atom is 0.220 e. The molecular weight excluding hydrogens is 166 g/mol. The van der Waals surface area contributed by atoms with Gasteiger partial charge in [0.1, 0.15) is 0 Å². The summed E-state index contributed by atoms with van der Waals surface area (Å²) in [5, 5.41) is 0. The minimum atomic E-state index is -0.252. The second-order valence-electron chi connectivity index (χ2n) is 3.46. The van der Waals surface area contributed by atoms with Gasteiger partial charge in [0, 0.05) is 13.0 Å². The first-order valence-corrected chi connectivity index (χ1v) is 4.50. The van der Waals surface area contributed by atoms with Crippen LogP contribution in [-0.4, -0.2) is 28.7 Å². The predicted molar refractivity (Wildman–Crippen MR) is 50.2 cm³/mol. The molecule has 0 saturated carbocycles. The molecule has 0 aromatic heterocycles. The van der Waals surface area contributed by atoms with Crippen molar-refractivity contribution in [3.63, 3.8) is 0 Å². The fraction of sp³-hybridized carbons (Fsp3) is 0.600. The van der Waals surface area contributed by atoms with E-state index in [0.29, 0.717) is 6.42 Å². The fourth-order valence-electron chi connectivity index (χ4n) is 1.76. The van der Waals surface area contributed by atoms with Crippen LogP contribution in [0.1, 0.15) is 27.2 Å². The van der Waals surface area contributed by atoms with Gasteiger partial charge in [-0.25, -0.2) is 0 Å². The first-order valence-electron chi connectivity index (χ1n) is 4.50. The van der Waals surface area contributed by atoms with Gasteiger partial charge >= 0.3 is 0 Å². The molecule has 0 fully saturated rings. The Bertz CT molecular complexity index is 258. The Morgan fingerprint density at radius 2 is 2.00 bits per heavy atom. The van der Waals surface area contributed by atoms with Gasteiger partial charge in [-0.1, -0.05) is 12.2 Å². The SMILES string of the molecule is CC(=O)C1CC=CC(C)N1C(C)=O. The minimum Gasteiger partial charge on any atom is -0.326 e. The highest BCUT2D eigenvalue weighted by Gasteiger charge is 2.29. The van der Waals surface area contributed by atoms with Crippen LogP contribution in [-0.2, 0) is 9.59 Å². The second-order valence-corrected chi connectivity index (χ2v) is 3.46. The van der Waals surface area contributed by atoms with Crippen LogP contribution in [0.2, 0.25) is 0 Å². The zero-order valence-corrected chi connectivity index (χ0v) is 8.28. The van der Waals surface area contributed by atoms with E-state index in [1.807, 2.05) is 19.1 Å². The Labute approximate surface area is 78.4 Å². The highest BCUT2D eigenvalue weighted by Crippen LogP contribution is 2.17. The van der Waals surface area contributed by atoms with Gasteiger partial charge in [0.2, 0.25) is 5.91 Å². The molecule has 0 aliphatic carbocycles. The van der Waals surface area contributed by atoms with Crippen LogP contribution in [0, 0.1) is 0 Å². The van der Waals surface area contributed by atoms with Crippen LogP contribution in [0.25, 0.3) is 0 Å². The highest BCUT2D eigenvalue weighted by atomic mass is 16.2. The summed E-state index contributed by atoms with van der Waals surface area (Å²) in [5.41, 5.74) is 0. The molecule has 1 aliphatic rings. The number of hydrogen-bond acceptors (Lipinski definition) is 2. The molecule has 1 amide bonds. The maximum atomic E-state index is 11.3. The standard InChI is InChI=1S/C10H15NO2/c1-7-5-4-6-10(8(2)12)11(7)9(3)13/h4-5,7,10H,6H2,1-3H3. The number of carbonyl (C=O) groups is 2. The zero-order valence-electron chi connectivity index (χ0n) is 8.28. The number of hydrogen-bond donors (Lipinski definition) is 0. The largest absolute Gasteiger partial charge is 0.326 e. The van der Waals surface area contributed by atoms with Gasteiger partial charge < -0.3 is 4.90 Å². The van der Waals surface area contributed by atoms with Crippen molar-refractivity contribution in [1.29, 1.82) is 0 Å². The van der Waals surface area contributed by atoms with Crippen LogP contribution in [0.5, 0.6) is 0 Å². The van der Waals surface area contributed by atoms with E-state index < -0.39 is 0 Å². The smallest absolute Gasteiger partial charge is 0.220 e. The van der Waals surface area contributed by atoms with Gasteiger partial charge in [0.15, 0.2) is 5.78 Å². The number of carbonyl (C=O) groups excluding carboxylic acids is 2. The van der Waals surface area contributed by atoms with E-state index in [9.17, 15) is 9.59 Å². The van der Waals surface area contributed by atoms with Crippen LogP contribution in [0.3, 0.4) is 0 Å². The number of ketones is 1. The summed E-state index contributed by atoms with van der Waals surface area (Å²) in [7, 11) is 0. The number of rotatable bonds is 1. The number of Topliss-reactive ketones (excluding diaryl/α,β-unsaturated/α-hetero) is 1. The van der Waals surface area contributed by atoms with E-state index in [1.54, 1.807) is 4.90 Å². The zero-order chi connectivity index (χ0) is 10.0. The molecule has 0 bridgehead atoms. The van der Waals surface area contributed by atoms with Crippen LogP contribution < -0.4 is 0 Å². The van der Waals surface area contributed by atoms with E-state index in [4.69, 9.17) is 0 Å².